The lowest BCUT2D eigenvalue weighted by Crippen LogP contribution is -2.07. The van der Waals surface area contributed by atoms with Crippen molar-refractivity contribution in [2.75, 3.05) is 6.61 Å². The first kappa shape index (κ1) is 18.7. The van der Waals surface area contributed by atoms with Crippen molar-refractivity contribution in [3.05, 3.63) is 75.3 Å². The predicted molar refractivity (Wildman–Crippen MR) is 94.1 cm³/mol. The van der Waals surface area contributed by atoms with Crippen LogP contribution in [0, 0.1) is 21.4 Å². The van der Waals surface area contributed by atoms with Crippen LogP contribution < -0.4 is 4.74 Å². The molecule has 0 fully saturated rings. The molecule has 0 unspecified atom stereocenters. The Morgan fingerprint density at radius 1 is 1.19 bits per heavy atom. The highest BCUT2D eigenvalue weighted by atomic mass is 16.6. The van der Waals surface area contributed by atoms with Gasteiger partial charge in [0.05, 0.1) is 11.5 Å². The zero-order valence-electron chi connectivity index (χ0n) is 14.0. The van der Waals surface area contributed by atoms with Crippen molar-refractivity contribution in [1.82, 2.24) is 0 Å². The van der Waals surface area contributed by atoms with Gasteiger partial charge in [-0.25, -0.2) is 4.79 Å². The van der Waals surface area contributed by atoms with Gasteiger partial charge in [0.15, 0.2) is 0 Å². The highest BCUT2D eigenvalue weighted by molar-refractivity contribution is 5.97. The first-order valence-corrected chi connectivity index (χ1v) is 7.78. The fourth-order valence-corrected chi connectivity index (χ4v) is 2.07. The molecule has 0 radical (unpaired) electrons. The second-order valence-electron chi connectivity index (χ2n) is 5.17. The number of benzene rings is 2. The van der Waals surface area contributed by atoms with Crippen LogP contribution in [0.2, 0.25) is 0 Å². The van der Waals surface area contributed by atoms with E-state index < -0.39 is 10.9 Å². The molecular weight excluding hydrogens is 336 g/mol. The molecule has 7 heteroatoms. The van der Waals surface area contributed by atoms with E-state index in [1.54, 1.807) is 24.3 Å². The Morgan fingerprint density at radius 2 is 1.85 bits per heavy atom. The summed E-state index contributed by atoms with van der Waals surface area (Å²) in [4.78, 5) is 22.1. The van der Waals surface area contributed by atoms with E-state index in [2.05, 4.69) is 0 Å². The lowest BCUT2D eigenvalue weighted by molar-refractivity contribution is -0.384. The molecule has 2 aromatic carbocycles. The van der Waals surface area contributed by atoms with Crippen LogP contribution >= 0.6 is 0 Å². The molecule has 0 aromatic heterocycles. The van der Waals surface area contributed by atoms with E-state index in [0.29, 0.717) is 23.5 Å². The quantitative estimate of drug-likeness (QED) is 0.248. The molecule has 0 heterocycles. The molecule has 132 valence electrons. The van der Waals surface area contributed by atoms with Gasteiger partial charge in [0, 0.05) is 12.1 Å². The van der Waals surface area contributed by atoms with E-state index >= 15 is 0 Å². The summed E-state index contributed by atoms with van der Waals surface area (Å²) in [6, 6.07) is 14.4. The molecule has 2 aromatic rings. The number of nitro groups is 1. The smallest absolute Gasteiger partial charge is 0.349 e. The average molecular weight is 352 g/mol. The summed E-state index contributed by atoms with van der Waals surface area (Å²) < 4.78 is 10.4. The highest BCUT2D eigenvalue weighted by Crippen LogP contribution is 2.16. The van der Waals surface area contributed by atoms with Gasteiger partial charge in [-0.3, -0.25) is 10.1 Å². The molecule has 0 spiro atoms. The lowest BCUT2D eigenvalue weighted by Gasteiger charge is -2.05. The molecule has 0 atom stereocenters. The minimum Gasteiger partial charge on any atom is -0.494 e. The minimum atomic E-state index is -0.764. The van der Waals surface area contributed by atoms with Crippen LogP contribution in [-0.4, -0.2) is 17.5 Å². The minimum absolute atomic E-state index is 0.0480. The Kier molecular flexibility index (Phi) is 6.46. The molecule has 0 aliphatic heterocycles. The Hall–Kier alpha value is -3.66. The van der Waals surface area contributed by atoms with Crippen LogP contribution in [0.3, 0.4) is 0 Å². The number of hydrogen-bond donors (Lipinski definition) is 0. The van der Waals surface area contributed by atoms with Crippen molar-refractivity contribution in [2.45, 2.75) is 13.5 Å². The van der Waals surface area contributed by atoms with Gasteiger partial charge in [0.2, 0.25) is 0 Å². The van der Waals surface area contributed by atoms with Crippen molar-refractivity contribution < 1.29 is 19.2 Å². The number of nitrogens with zero attached hydrogens (tertiary/aromatic N) is 2. The first-order chi connectivity index (χ1) is 12.5. The van der Waals surface area contributed by atoms with Gasteiger partial charge in [0.25, 0.3) is 5.69 Å². The fourth-order valence-electron chi connectivity index (χ4n) is 2.07. The summed E-state index contributed by atoms with van der Waals surface area (Å²) in [5.74, 6) is -0.0661. The molecule has 0 bridgehead atoms. The van der Waals surface area contributed by atoms with Crippen LogP contribution in [0.25, 0.3) is 6.08 Å². The van der Waals surface area contributed by atoms with E-state index in [1.807, 2.05) is 13.0 Å². The molecular formula is C19H16N2O5. The molecule has 7 nitrogen and oxygen atoms in total. The average Bonchev–Trinajstić information content (AvgIpc) is 2.66. The zero-order chi connectivity index (χ0) is 18.9. The SMILES string of the molecule is CCOc1ccc(/C=C(\C#N)C(=O)OCc2ccc([N+](=O)[O-])cc2)cc1. The molecule has 0 aliphatic carbocycles. The van der Waals surface area contributed by atoms with Gasteiger partial charge in [-0.05, 0) is 48.4 Å². The molecule has 0 saturated heterocycles. The fraction of sp³-hybridized carbons (Fsp3) is 0.158. The number of hydrogen-bond acceptors (Lipinski definition) is 6. The van der Waals surface area contributed by atoms with E-state index in [4.69, 9.17) is 9.47 Å². The second-order valence-corrected chi connectivity index (χ2v) is 5.17. The lowest BCUT2D eigenvalue weighted by atomic mass is 10.1. The molecule has 0 aliphatic rings. The van der Waals surface area contributed by atoms with E-state index in [1.165, 1.54) is 30.3 Å². The van der Waals surface area contributed by atoms with Crippen LogP contribution in [0.5, 0.6) is 5.75 Å². The number of rotatable bonds is 7. The maximum Gasteiger partial charge on any atom is 0.349 e. The number of nitriles is 1. The van der Waals surface area contributed by atoms with Crippen molar-refractivity contribution in [3.8, 4) is 11.8 Å². The van der Waals surface area contributed by atoms with Crippen molar-refractivity contribution in [1.29, 1.82) is 5.26 Å². The Bertz CT molecular complexity index is 849. The van der Waals surface area contributed by atoms with Gasteiger partial charge >= 0.3 is 5.97 Å². The Morgan fingerprint density at radius 3 is 2.38 bits per heavy atom. The number of carbonyl (C=O) groups is 1. The monoisotopic (exact) mass is 352 g/mol. The predicted octanol–water partition coefficient (Wildman–Crippen LogP) is 3.64. The van der Waals surface area contributed by atoms with Gasteiger partial charge in [-0.2, -0.15) is 5.26 Å². The number of carbonyl (C=O) groups excluding carboxylic acids is 1. The topological polar surface area (TPSA) is 102 Å². The van der Waals surface area contributed by atoms with Crippen LogP contribution in [0.4, 0.5) is 5.69 Å². The number of non-ortho nitro benzene ring substituents is 1. The third kappa shape index (κ3) is 5.18. The van der Waals surface area contributed by atoms with Gasteiger partial charge in [0.1, 0.15) is 24.0 Å². The van der Waals surface area contributed by atoms with Crippen molar-refractivity contribution in [3.63, 3.8) is 0 Å². The Labute approximate surface area is 150 Å². The molecule has 2 rings (SSSR count). The summed E-state index contributed by atoms with van der Waals surface area (Å²) in [7, 11) is 0. The van der Waals surface area contributed by atoms with Gasteiger partial charge < -0.3 is 9.47 Å². The second kappa shape index (κ2) is 8.99. The molecule has 0 N–H and O–H groups in total. The highest BCUT2D eigenvalue weighted by Gasteiger charge is 2.12. The number of ether oxygens (including phenoxy) is 2. The summed E-state index contributed by atoms with van der Waals surface area (Å²) in [6.45, 7) is 2.34. The summed E-state index contributed by atoms with van der Waals surface area (Å²) >= 11 is 0. The third-order valence-corrected chi connectivity index (χ3v) is 3.36. The normalized spacial score (nSPS) is 10.7. The maximum absolute atomic E-state index is 12.1. The summed E-state index contributed by atoms with van der Waals surface area (Å²) in [5.41, 5.74) is 1.06. The van der Waals surface area contributed by atoms with Crippen LogP contribution in [0.1, 0.15) is 18.1 Å². The Balaban J connectivity index is 2.01. The number of esters is 1. The third-order valence-electron chi connectivity index (χ3n) is 3.36. The van der Waals surface area contributed by atoms with Crippen molar-refractivity contribution in [2.24, 2.45) is 0 Å². The molecule has 0 saturated carbocycles. The van der Waals surface area contributed by atoms with Gasteiger partial charge in [-0.1, -0.05) is 12.1 Å². The molecule has 26 heavy (non-hydrogen) atoms. The van der Waals surface area contributed by atoms with Crippen molar-refractivity contribution >= 4 is 17.7 Å². The van der Waals surface area contributed by atoms with Crippen LogP contribution in [0.15, 0.2) is 54.1 Å². The zero-order valence-corrected chi connectivity index (χ0v) is 14.0. The van der Waals surface area contributed by atoms with E-state index in [-0.39, 0.29) is 17.9 Å². The summed E-state index contributed by atoms with van der Waals surface area (Å²) in [5, 5.41) is 19.8. The van der Waals surface area contributed by atoms with Gasteiger partial charge in [-0.15, -0.1) is 0 Å². The van der Waals surface area contributed by atoms with Crippen LogP contribution in [-0.2, 0) is 16.1 Å². The maximum atomic E-state index is 12.1. The first-order valence-electron chi connectivity index (χ1n) is 7.78. The van der Waals surface area contributed by atoms with E-state index in [9.17, 15) is 20.2 Å². The standard InChI is InChI=1S/C19H16N2O5/c1-2-25-18-9-5-14(6-10-18)11-16(12-20)19(22)26-13-15-3-7-17(8-4-15)21(23)24/h3-11H,2,13H2,1H3/b16-11+. The molecule has 0 amide bonds. The number of nitro benzene ring substituents is 1. The summed E-state index contributed by atoms with van der Waals surface area (Å²) in [6.07, 6.45) is 1.42. The largest absolute Gasteiger partial charge is 0.494 e. The van der Waals surface area contributed by atoms with E-state index in [0.717, 1.165) is 0 Å².